The van der Waals surface area contributed by atoms with Crippen LogP contribution in [0.5, 0.6) is 0 Å². The van der Waals surface area contributed by atoms with Crippen molar-refractivity contribution < 1.29 is 4.42 Å². The second-order valence-electron chi connectivity index (χ2n) is 8.13. The molecule has 158 valence electrons. The van der Waals surface area contributed by atoms with Gasteiger partial charge in [0, 0.05) is 6.07 Å². The zero-order chi connectivity index (χ0) is 21.5. The van der Waals surface area contributed by atoms with E-state index in [0.717, 1.165) is 19.3 Å². The summed E-state index contributed by atoms with van der Waals surface area (Å²) in [6.45, 7) is 2.20. The summed E-state index contributed by atoms with van der Waals surface area (Å²) in [5.41, 5.74) is 4.41. The summed E-state index contributed by atoms with van der Waals surface area (Å²) in [6, 6.07) is 20.9. The molecule has 2 heteroatoms. The topological polar surface area (TPSA) is 30.2 Å². The third-order valence-corrected chi connectivity index (χ3v) is 6.05. The van der Waals surface area contributed by atoms with Crippen molar-refractivity contribution in [1.29, 1.82) is 0 Å². The molecule has 1 aliphatic rings. The molecule has 0 unspecified atom stereocenters. The summed E-state index contributed by atoms with van der Waals surface area (Å²) in [7, 11) is 0. The summed E-state index contributed by atoms with van der Waals surface area (Å²) in [5.74, 6) is 0. The van der Waals surface area contributed by atoms with Gasteiger partial charge in [-0.2, -0.15) is 0 Å². The molecule has 0 fully saturated rings. The van der Waals surface area contributed by atoms with E-state index in [0.29, 0.717) is 0 Å². The molecule has 5 rings (SSSR count). The maximum absolute atomic E-state index is 10.1. The van der Waals surface area contributed by atoms with Crippen LogP contribution in [0.4, 0.5) is 0 Å². The molecule has 0 saturated carbocycles. The second-order valence-corrected chi connectivity index (χ2v) is 8.13. The molecule has 1 aliphatic carbocycles. The lowest BCUT2D eigenvalue weighted by molar-refractivity contribution is 0.511. The minimum absolute atomic E-state index is 0.303. The predicted molar refractivity (Wildman–Crippen MR) is 131 cm³/mol. The normalized spacial score (nSPS) is 13.2. The molecule has 0 amide bonds. The quantitative estimate of drug-likeness (QED) is 0.259. The highest BCUT2D eigenvalue weighted by molar-refractivity contribution is 6.10. The van der Waals surface area contributed by atoms with Crippen molar-refractivity contribution in [3.8, 4) is 0 Å². The molecule has 4 aromatic rings. The van der Waals surface area contributed by atoms with Crippen molar-refractivity contribution in [2.45, 2.75) is 51.9 Å². The average molecular weight is 411 g/mol. The minimum Gasteiger partial charge on any atom is -0.431 e. The zero-order valence-electron chi connectivity index (χ0n) is 18.3. The Balaban J connectivity index is 0.000000282. The number of aryl methyl sites for hydroxylation is 3. The lowest BCUT2D eigenvalue weighted by Gasteiger charge is -2.20. The van der Waals surface area contributed by atoms with Crippen molar-refractivity contribution >= 4 is 21.5 Å². The van der Waals surface area contributed by atoms with Crippen LogP contribution in [0.2, 0.25) is 0 Å². The summed E-state index contributed by atoms with van der Waals surface area (Å²) in [6.07, 6.45) is 14.6. The number of hydrogen-bond donors (Lipinski definition) is 0. The first kappa shape index (κ1) is 21.1. The van der Waals surface area contributed by atoms with Crippen molar-refractivity contribution in [3.05, 3.63) is 106 Å². The lowest BCUT2D eigenvalue weighted by atomic mass is 9.85. The Morgan fingerprint density at radius 1 is 0.839 bits per heavy atom. The van der Waals surface area contributed by atoms with Gasteiger partial charge in [0.1, 0.15) is 0 Å². The van der Waals surface area contributed by atoms with Gasteiger partial charge in [-0.15, -0.1) is 0 Å². The Morgan fingerprint density at radius 3 is 2.35 bits per heavy atom. The van der Waals surface area contributed by atoms with E-state index in [2.05, 4.69) is 66.0 Å². The molecular weight excluding hydrogens is 380 g/mol. The Labute approximate surface area is 184 Å². The lowest BCUT2D eigenvalue weighted by Crippen LogP contribution is -2.03. The smallest absolute Gasteiger partial charge is 0.335 e. The highest BCUT2D eigenvalue weighted by atomic mass is 16.4. The highest BCUT2D eigenvalue weighted by Crippen LogP contribution is 2.35. The van der Waals surface area contributed by atoms with Crippen molar-refractivity contribution in [1.82, 2.24) is 0 Å². The first-order valence-electron chi connectivity index (χ1n) is 11.4. The molecule has 31 heavy (non-hydrogen) atoms. The monoisotopic (exact) mass is 410 g/mol. The van der Waals surface area contributed by atoms with Gasteiger partial charge in [0.15, 0.2) is 0 Å². The Kier molecular flexibility index (Phi) is 6.99. The van der Waals surface area contributed by atoms with Gasteiger partial charge in [0.25, 0.3) is 0 Å². The summed E-state index contributed by atoms with van der Waals surface area (Å²) in [4.78, 5) is 10.1. The SMILES string of the molecule is CCC=CCCc1cc2c3c(ccc2c2ccccc12)CCCC3.O=c1cccco1. The molecule has 0 saturated heterocycles. The Morgan fingerprint density at radius 2 is 1.61 bits per heavy atom. The number of hydrogen-bond acceptors (Lipinski definition) is 2. The van der Waals surface area contributed by atoms with Crippen molar-refractivity contribution in [2.75, 3.05) is 0 Å². The van der Waals surface area contributed by atoms with Gasteiger partial charge in [-0.1, -0.05) is 67.6 Å². The van der Waals surface area contributed by atoms with Crippen molar-refractivity contribution in [3.63, 3.8) is 0 Å². The maximum Gasteiger partial charge on any atom is 0.335 e. The molecule has 1 aromatic heterocycles. The summed E-state index contributed by atoms with van der Waals surface area (Å²) < 4.78 is 4.37. The highest BCUT2D eigenvalue weighted by Gasteiger charge is 2.15. The average Bonchev–Trinajstić information content (AvgIpc) is 2.82. The van der Waals surface area contributed by atoms with Gasteiger partial charge >= 0.3 is 5.63 Å². The first-order valence-corrected chi connectivity index (χ1v) is 11.4. The van der Waals surface area contributed by atoms with Crippen LogP contribution in [0.1, 0.15) is 49.3 Å². The number of rotatable bonds is 4. The van der Waals surface area contributed by atoms with E-state index in [4.69, 9.17) is 0 Å². The molecule has 0 aliphatic heterocycles. The number of allylic oxidation sites excluding steroid dienone is 2. The van der Waals surface area contributed by atoms with Crippen LogP contribution >= 0.6 is 0 Å². The molecule has 0 spiro atoms. The van der Waals surface area contributed by atoms with Gasteiger partial charge in [-0.05, 0) is 89.2 Å². The molecule has 3 aromatic carbocycles. The van der Waals surface area contributed by atoms with Crippen LogP contribution in [0.3, 0.4) is 0 Å². The van der Waals surface area contributed by atoms with E-state index in [-0.39, 0.29) is 5.63 Å². The third-order valence-electron chi connectivity index (χ3n) is 6.05. The van der Waals surface area contributed by atoms with Gasteiger partial charge < -0.3 is 4.42 Å². The van der Waals surface area contributed by atoms with E-state index < -0.39 is 0 Å². The van der Waals surface area contributed by atoms with Crippen LogP contribution < -0.4 is 5.63 Å². The van der Waals surface area contributed by atoms with E-state index >= 15 is 0 Å². The molecule has 0 radical (unpaired) electrons. The van der Waals surface area contributed by atoms with Crippen LogP contribution in [-0.4, -0.2) is 0 Å². The number of benzene rings is 3. The molecule has 0 bridgehead atoms. The Bertz CT molecular complexity index is 1230. The molecule has 1 heterocycles. The van der Waals surface area contributed by atoms with Gasteiger partial charge in [0.05, 0.1) is 6.26 Å². The van der Waals surface area contributed by atoms with Crippen LogP contribution in [-0.2, 0) is 19.3 Å². The fourth-order valence-electron chi connectivity index (χ4n) is 4.56. The van der Waals surface area contributed by atoms with Crippen LogP contribution in [0.15, 0.2) is 88.3 Å². The Hall–Kier alpha value is -3.13. The molecule has 0 N–H and O–H groups in total. The first-order chi connectivity index (χ1) is 15.3. The van der Waals surface area contributed by atoms with E-state index in [1.807, 2.05) is 0 Å². The van der Waals surface area contributed by atoms with E-state index in [9.17, 15) is 4.79 Å². The van der Waals surface area contributed by atoms with E-state index in [1.54, 1.807) is 23.3 Å². The summed E-state index contributed by atoms with van der Waals surface area (Å²) in [5, 5.41) is 5.82. The van der Waals surface area contributed by atoms with Gasteiger partial charge in [0.2, 0.25) is 0 Å². The van der Waals surface area contributed by atoms with Gasteiger partial charge in [-0.3, -0.25) is 0 Å². The second kappa shape index (κ2) is 10.3. The predicted octanol–water partition coefficient (Wildman–Crippen LogP) is 7.41. The molecule has 2 nitrogen and oxygen atoms in total. The van der Waals surface area contributed by atoms with Crippen molar-refractivity contribution in [2.24, 2.45) is 0 Å². The third kappa shape index (κ3) is 4.96. The fraction of sp³-hybridized carbons (Fsp3) is 0.276. The fourth-order valence-corrected chi connectivity index (χ4v) is 4.56. The minimum atomic E-state index is -0.303. The zero-order valence-corrected chi connectivity index (χ0v) is 18.3. The molecule has 0 atom stereocenters. The maximum atomic E-state index is 10.1. The van der Waals surface area contributed by atoms with Crippen LogP contribution in [0.25, 0.3) is 21.5 Å². The molecular formula is C29H30O2. The largest absolute Gasteiger partial charge is 0.431 e. The van der Waals surface area contributed by atoms with Gasteiger partial charge in [-0.25, -0.2) is 4.79 Å². The van der Waals surface area contributed by atoms with E-state index in [1.165, 1.54) is 65.1 Å². The summed E-state index contributed by atoms with van der Waals surface area (Å²) >= 11 is 0. The number of fused-ring (bicyclic) bond motifs is 5. The standard InChI is InChI=1S/C24H26.C5H4O2/c1-2-3-4-5-11-19-17-24-20-12-7-6-10-18(20)15-16-23(24)22-14-9-8-13-21(19)22;6-5-3-1-2-4-7-5/h3-4,8-9,13-17H,2,5-7,10-12H2,1H3;1-4H. The van der Waals surface area contributed by atoms with Crippen LogP contribution in [0, 0.1) is 0 Å².